The van der Waals surface area contributed by atoms with Crippen molar-refractivity contribution in [3.63, 3.8) is 0 Å². The van der Waals surface area contributed by atoms with E-state index in [-0.39, 0.29) is 10.8 Å². The molecule has 2 aromatic carbocycles. The van der Waals surface area contributed by atoms with Crippen molar-refractivity contribution in [2.24, 2.45) is 15.9 Å². The van der Waals surface area contributed by atoms with E-state index in [0.29, 0.717) is 21.5 Å². The standard InChI is InChI=1S/C15H12BrCl2N3OS/c16-11-3-1-9(2-4-11)8-23-15(19)21-20-7-10-5-12(17)6-13(18)14(10)22/h1-7,22H,8H2,(H2,19,21)/b20-7+. The number of hydrogen-bond donors (Lipinski definition) is 2. The van der Waals surface area contributed by atoms with E-state index < -0.39 is 0 Å². The number of aromatic hydroxyl groups is 1. The Kier molecular flexibility index (Phi) is 6.77. The molecule has 0 saturated carbocycles. The zero-order valence-corrected chi connectivity index (χ0v) is 15.6. The van der Waals surface area contributed by atoms with Gasteiger partial charge in [-0.3, -0.25) is 0 Å². The molecule has 2 aromatic rings. The summed E-state index contributed by atoms with van der Waals surface area (Å²) in [5.74, 6) is 0.586. The Labute approximate surface area is 156 Å². The second kappa shape index (κ2) is 8.59. The van der Waals surface area contributed by atoms with Crippen molar-refractivity contribution in [1.29, 1.82) is 0 Å². The van der Waals surface area contributed by atoms with Gasteiger partial charge in [0.15, 0.2) is 5.17 Å². The Bertz CT molecular complexity index is 751. The number of hydrogen-bond acceptors (Lipinski definition) is 4. The Hall–Kier alpha value is -1.21. The predicted octanol–water partition coefficient (Wildman–Crippen LogP) is 5.04. The van der Waals surface area contributed by atoms with Crippen molar-refractivity contribution in [3.8, 4) is 5.75 Å². The first-order valence-corrected chi connectivity index (χ1v) is 8.91. The van der Waals surface area contributed by atoms with Crippen LogP contribution in [-0.2, 0) is 5.75 Å². The Morgan fingerprint density at radius 2 is 1.96 bits per heavy atom. The SMILES string of the molecule is N/C(=N\N=C\c1cc(Cl)cc(Cl)c1O)SCc1ccc(Br)cc1. The maximum atomic E-state index is 9.79. The van der Waals surface area contributed by atoms with Crippen molar-refractivity contribution in [2.45, 2.75) is 5.75 Å². The summed E-state index contributed by atoms with van der Waals surface area (Å²) in [6, 6.07) is 10.9. The fourth-order valence-electron chi connectivity index (χ4n) is 1.60. The molecular formula is C15H12BrCl2N3OS. The second-order valence-electron chi connectivity index (χ2n) is 4.42. The molecule has 4 nitrogen and oxygen atoms in total. The van der Waals surface area contributed by atoms with Gasteiger partial charge in [0, 0.05) is 20.8 Å². The highest BCUT2D eigenvalue weighted by molar-refractivity contribution is 9.10. The number of phenolic OH excluding ortho intramolecular Hbond substituents is 1. The van der Waals surface area contributed by atoms with E-state index in [0.717, 1.165) is 10.0 Å². The minimum Gasteiger partial charge on any atom is -0.506 e. The highest BCUT2D eigenvalue weighted by atomic mass is 79.9. The number of thioether (sulfide) groups is 1. The van der Waals surface area contributed by atoms with Gasteiger partial charge in [-0.25, -0.2) is 0 Å². The third kappa shape index (κ3) is 5.73. The molecule has 0 saturated heterocycles. The van der Waals surface area contributed by atoms with Crippen LogP contribution in [0.2, 0.25) is 10.0 Å². The molecule has 0 aromatic heterocycles. The van der Waals surface area contributed by atoms with Crippen LogP contribution < -0.4 is 5.73 Å². The average Bonchev–Trinajstić information content (AvgIpc) is 2.51. The zero-order valence-electron chi connectivity index (χ0n) is 11.7. The van der Waals surface area contributed by atoms with Gasteiger partial charge in [-0.1, -0.05) is 63.0 Å². The van der Waals surface area contributed by atoms with Gasteiger partial charge in [-0.2, -0.15) is 5.10 Å². The average molecular weight is 433 g/mol. The Morgan fingerprint density at radius 3 is 2.65 bits per heavy atom. The van der Waals surface area contributed by atoms with Gasteiger partial charge in [0.05, 0.1) is 11.2 Å². The molecular weight excluding hydrogens is 421 g/mol. The van der Waals surface area contributed by atoms with Crippen LogP contribution in [0, 0.1) is 0 Å². The van der Waals surface area contributed by atoms with E-state index in [1.165, 1.54) is 30.1 Å². The smallest absolute Gasteiger partial charge is 0.180 e. The highest BCUT2D eigenvalue weighted by Crippen LogP contribution is 2.30. The quantitative estimate of drug-likeness (QED) is 0.403. The van der Waals surface area contributed by atoms with Crippen molar-refractivity contribution in [2.75, 3.05) is 0 Å². The summed E-state index contributed by atoms with van der Waals surface area (Å²) in [4.78, 5) is 0. The van der Waals surface area contributed by atoms with Crippen molar-refractivity contribution in [3.05, 3.63) is 62.0 Å². The second-order valence-corrected chi connectivity index (χ2v) is 7.18. The van der Waals surface area contributed by atoms with E-state index in [1.807, 2.05) is 24.3 Å². The third-order valence-electron chi connectivity index (χ3n) is 2.71. The lowest BCUT2D eigenvalue weighted by molar-refractivity contribution is 0.474. The summed E-state index contributed by atoms with van der Waals surface area (Å²) in [5.41, 5.74) is 7.29. The van der Waals surface area contributed by atoms with Gasteiger partial charge in [-0.05, 0) is 29.8 Å². The molecule has 8 heteroatoms. The van der Waals surface area contributed by atoms with E-state index in [4.69, 9.17) is 28.9 Å². The van der Waals surface area contributed by atoms with Gasteiger partial charge in [-0.15, -0.1) is 5.10 Å². The summed E-state index contributed by atoms with van der Waals surface area (Å²) in [6.45, 7) is 0. The lowest BCUT2D eigenvalue weighted by atomic mass is 10.2. The normalized spacial score (nSPS) is 12.0. The maximum absolute atomic E-state index is 9.79. The maximum Gasteiger partial charge on any atom is 0.180 e. The van der Waals surface area contributed by atoms with Crippen molar-refractivity contribution >= 4 is 62.3 Å². The molecule has 0 spiro atoms. The predicted molar refractivity (Wildman–Crippen MR) is 103 cm³/mol. The summed E-state index contributed by atoms with van der Waals surface area (Å²) in [5, 5.41) is 18.4. The molecule has 0 fully saturated rings. The number of halogens is 3. The largest absolute Gasteiger partial charge is 0.506 e. The summed E-state index contributed by atoms with van der Waals surface area (Å²) >= 11 is 16.4. The number of nitrogens with two attached hydrogens (primary N) is 1. The van der Waals surface area contributed by atoms with E-state index in [2.05, 4.69) is 26.1 Å². The fraction of sp³-hybridized carbons (Fsp3) is 0.0667. The van der Waals surface area contributed by atoms with Crippen molar-refractivity contribution in [1.82, 2.24) is 0 Å². The van der Waals surface area contributed by atoms with Crippen LogP contribution >= 0.6 is 50.9 Å². The van der Waals surface area contributed by atoms with E-state index >= 15 is 0 Å². The molecule has 0 bridgehead atoms. The summed E-state index contributed by atoms with van der Waals surface area (Å²) < 4.78 is 1.03. The number of nitrogens with zero attached hydrogens (tertiary/aromatic N) is 2. The van der Waals surface area contributed by atoms with Gasteiger partial charge in [0.25, 0.3) is 0 Å². The first-order valence-electron chi connectivity index (χ1n) is 6.37. The lowest BCUT2D eigenvalue weighted by Gasteiger charge is -2.02. The fourth-order valence-corrected chi connectivity index (χ4v) is 2.98. The number of amidine groups is 1. The van der Waals surface area contributed by atoms with Crippen LogP contribution in [0.15, 0.2) is 51.1 Å². The highest BCUT2D eigenvalue weighted by Gasteiger charge is 2.05. The first-order chi connectivity index (χ1) is 11.0. The monoisotopic (exact) mass is 431 g/mol. The third-order valence-corrected chi connectivity index (χ3v) is 4.60. The van der Waals surface area contributed by atoms with Crippen LogP contribution in [0.3, 0.4) is 0 Å². The first kappa shape index (κ1) is 18.1. The molecule has 23 heavy (non-hydrogen) atoms. The topological polar surface area (TPSA) is 71.0 Å². The zero-order chi connectivity index (χ0) is 16.8. The van der Waals surface area contributed by atoms with E-state index in [9.17, 15) is 5.11 Å². The molecule has 0 aliphatic heterocycles. The summed E-state index contributed by atoms with van der Waals surface area (Å²) in [6.07, 6.45) is 1.35. The molecule has 120 valence electrons. The van der Waals surface area contributed by atoms with Crippen LogP contribution in [0.1, 0.15) is 11.1 Å². The van der Waals surface area contributed by atoms with Gasteiger partial charge >= 0.3 is 0 Å². The van der Waals surface area contributed by atoms with Crippen molar-refractivity contribution < 1.29 is 5.11 Å². The molecule has 0 atom stereocenters. The molecule has 0 unspecified atom stereocenters. The van der Waals surface area contributed by atoms with Crippen LogP contribution in [-0.4, -0.2) is 16.5 Å². The van der Waals surface area contributed by atoms with Crippen LogP contribution in [0.5, 0.6) is 5.75 Å². The Balaban J connectivity index is 1.97. The number of benzene rings is 2. The van der Waals surface area contributed by atoms with Gasteiger partial charge in [0.2, 0.25) is 0 Å². The lowest BCUT2D eigenvalue weighted by Crippen LogP contribution is -2.06. The number of rotatable bonds is 4. The molecule has 0 heterocycles. The van der Waals surface area contributed by atoms with Gasteiger partial charge < -0.3 is 10.8 Å². The molecule has 0 amide bonds. The minimum absolute atomic E-state index is 0.101. The van der Waals surface area contributed by atoms with Crippen LogP contribution in [0.4, 0.5) is 0 Å². The molecule has 2 rings (SSSR count). The molecule has 0 aliphatic carbocycles. The molecule has 0 aliphatic rings. The van der Waals surface area contributed by atoms with Crippen LogP contribution in [0.25, 0.3) is 0 Å². The van der Waals surface area contributed by atoms with E-state index in [1.54, 1.807) is 0 Å². The minimum atomic E-state index is -0.101. The molecule has 3 N–H and O–H groups in total. The molecule has 0 radical (unpaired) electrons. The van der Waals surface area contributed by atoms with Gasteiger partial charge in [0.1, 0.15) is 5.75 Å². The summed E-state index contributed by atoms with van der Waals surface area (Å²) in [7, 11) is 0. The number of phenols is 1. The Morgan fingerprint density at radius 1 is 1.26 bits per heavy atom.